The molecular formula is C20H18ClN5O3S. The highest BCUT2D eigenvalue weighted by atomic mass is 35.5. The Labute approximate surface area is 178 Å². The minimum atomic E-state index is -3.76. The molecule has 10 heteroatoms. The molecule has 0 aliphatic carbocycles. The number of carbonyl (C=O) groups is 1. The number of amides is 1. The summed E-state index contributed by atoms with van der Waals surface area (Å²) in [6.45, 7) is 0.622. The third-order valence-electron chi connectivity index (χ3n) is 4.45. The Hall–Kier alpha value is -3.17. The Morgan fingerprint density at radius 2 is 1.97 bits per heavy atom. The fraction of sp³-hybridized carbons (Fsp3) is 0.150. The van der Waals surface area contributed by atoms with Crippen molar-refractivity contribution in [3.05, 3.63) is 71.5 Å². The van der Waals surface area contributed by atoms with Crippen LogP contribution in [-0.2, 0) is 10.0 Å². The first kappa shape index (κ1) is 20.1. The summed E-state index contributed by atoms with van der Waals surface area (Å²) in [6.07, 6.45) is 4.43. The SMILES string of the molecule is O=C(Nc1cccc(S(=O)(=O)NC2=NCCC2)c1)c1cnn(-c2cccc(Cl)c2)c1. The van der Waals surface area contributed by atoms with Crippen LogP contribution in [0.15, 0.2) is 70.8 Å². The lowest BCUT2D eigenvalue weighted by Crippen LogP contribution is -2.29. The molecule has 0 spiro atoms. The van der Waals surface area contributed by atoms with E-state index in [1.165, 1.54) is 23.0 Å². The van der Waals surface area contributed by atoms with Crippen molar-refractivity contribution in [2.75, 3.05) is 11.9 Å². The van der Waals surface area contributed by atoms with Gasteiger partial charge in [-0.05, 0) is 42.8 Å². The van der Waals surface area contributed by atoms with E-state index in [0.29, 0.717) is 35.1 Å². The zero-order valence-electron chi connectivity index (χ0n) is 15.7. The molecule has 0 saturated heterocycles. The first-order valence-corrected chi connectivity index (χ1v) is 11.0. The van der Waals surface area contributed by atoms with E-state index in [4.69, 9.17) is 11.6 Å². The molecule has 1 amide bonds. The predicted octanol–water partition coefficient (Wildman–Crippen LogP) is 3.25. The van der Waals surface area contributed by atoms with Crippen LogP contribution in [0.25, 0.3) is 5.69 Å². The maximum atomic E-state index is 12.6. The number of aliphatic imine (C=N–C) groups is 1. The van der Waals surface area contributed by atoms with Gasteiger partial charge in [0.25, 0.3) is 15.9 Å². The van der Waals surface area contributed by atoms with Crippen molar-refractivity contribution in [3.63, 3.8) is 0 Å². The average molecular weight is 444 g/mol. The summed E-state index contributed by atoms with van der Waals surface area (Å²) >= 11 is 5.99. The van der Waals surface area contributed by atoms with E-state index in [9.17, 15) is 13.2 Å². The van der Waals surface area contributed by atoms with Gasteiger partial charge in [-0.25, -0.2) is 13.1 Å². The monoisotopic (exact) mass is 443 g/mol. The van der Waals surface area contributed by atoms with Crippen molar-refractivity contribution < 1.29 is 13.2 Å². The smallest absolute Gasteiger partial charge is 0.262 e. The molecule has 2 heterocycles. The first-order chi connectivity index (χ1) is 14.4. The zero-order chi connectivity index (χ0) is 21.1. The van der Waals surface area contributed by atoms with E-state index in [-0.39, 0.29) is 4.90 Å². The van der Waals surface area contributed by atoms with Gasteiger partial charge in [-0.3, -0.25) is 14.5 Å². The number of amidine groups is 1. The minimum Gasteiger partial charge on any atom is -0.322 e. The molecule has 0 radical (unpaired) electrons. The minimum absolute atomic E-state index is 0.0459. The lowest BCUT2D eigenvalue weighted by molar-refractivity contribution is 0.102. The van der Waals surface area contributed by atoms with E-state index >= 15 is 0 Å². The molecule has 0 atom stereocenters. The topological polar surface area (TPSA) is 105 Å². The van der Waals surface area contributed by atoms with E-state index in [2.05, 4.69) is 20.1 Å². The van der Waals surface area contributed by atoms with Gasteiger partial charge in [0.1, 0.15) is 5.84 Å². The molecule has 30 heavy (non-hydrogen) atoms. The Morgan fingerprint density at radius 3 is 2.73 bits per heavy atom. The molecule has 1 aliphatic rings. The maximum absolute atomic E-state index is 12.6. The third-order valence-corrected chi connectivity index (χ3v) is 6.06. The van der Waals surface area contributed by atoms with E-state index in [0.717, 1.165) is 12.1 Å². The molecule has 1 aliphatic heterocycles. The van der Waals surface area contributed by atoms with Gasteiger partial charge in [-0.2, -0.15) is 5.10 Å². The average Bonchev–Trinajstić information content (AvgIpc) is 3.40. The lowest BCUT2D eigenvalue weighted by Gasteiger charge is -2.09. The van der Waals surface area contributed by atoms with Gasteiger partial charge in [0.05, 0.1) is 22.3 Å². The highest BCUT2D eigenvalue weighted by Gasteiger charge is 2.19. The standard InChI is InChI=1S/C20H18ClN5O3S/c21-15-4-1-6-17(10-15)26-13-14(12-23-26)20(27)24-16-5-2-7-18(11-16)30(28,29)25-19-8-3-9-22-19/h1-2,4-7,10-13H,3,8-9H2,(H,22,25)(H,24,27). The summed E-state index contributed by atoms with van der Waals surface area (Å²) in [5, 5.41) is 7.44. The molecular weight excluding hydrogens is 426 g/mol. The second kappa shape index (κ2) is 8.29. The van der Waals surface area contributed by atoms with Crippen LogP contribution in [0.5, 0.6) is 0 Å². The van der Waals surface area contributed by atoms with Crippen molar-refractivity contribution in [1.82, 2.24) is 14.5 Å². The highest BCUT2D eigenvalue weighted by Crippen LogP contribution is 2.18. The normalized spacial score (nSPS) is 13.7. The first-order valence-electron chi connectivity index (χ1n) is 9.19. The molecule has 4 rings (SSSR count). The van der Waals surface area contributed by atoms with Crippen LogP contribution in [-0.4, -0.2) is 36.5 Å². The number of anilines is 1. The third kappa shape index (κ3) is 4.52. The molecule has 154 valence electrons. The fourth-order valence-corrected chi connectivity index (χ4v) is 4.30. The van der Waals surface area contributed by atoms with Gasteiger partial charge in [0, 0.05) is 29.9 Å². The quantitative estimate of drug-likeness (QED) is 0.631. The van der Waals surface area contributed by atoms with E-state index in [1.807, 2.05) is 6.07 Å². The van der Waals surface area contributed by atoms with Crippen LogP contribution >= 0.6 is 11.6 Å². The van der Waals surface area contributed by atoms with Crippen LogP contribution in [0.2, 0.25) is 5.02 Å². The van der Waals surface area contributed by atoms with E-state index < -0.39 is 15.9 Å². The summed E-state index contributed by atoms with van der Waals surface area (Å²) < 4.78 is 29.1. The lowest BCUT2D eigenvalue weighted by atomic mass is 10.3. The van der Waals surface area contributed by atoms with Crippen molar-refractivity contribution in [2.24, 2.45) is 4.99 Å². The van der Waals surface area contributed by atoms with Gasteiger partial charge < -0.3 is 5.32 Å². The largest absolute Gasteiger partial charge is 0.322 e. The molecule has 0 unspecified atom stereocenters. The van der Waals surface area contributed by atoms with Gasteiger partial charge in [-0.1, -0.05) is 23.7 Å². The van der Waals surface area contributed by atoms with Gasteiger partial charge in [0.2, 0.25) is 0 Å². The molecule has 3 aromatic rings. The Balaban J connectivity index is 1.49. The highest BCUT2D eigenvalue weighted by molar-refractivity contribution is 7.90. The van der Waals surface area contributed by atoms with Crippen molar-refractivity contribution >= 4 is 39.1 Å². The van der Waals surface area contributed by atoms with Crippen molar-refractivity contribution in [1.29, 1.82) is 0 Å². The van der Waals surface area contributed by atoms with Crippen molar-refractivity contribution in [2.45, 2.75) is 17.7 Å². The molecule has 1 aromatic heterocycles. The van der Waals surface area contributed by atoms with Crippen LogP contribution in [0.3, 0.4) is 0 Å². The Kier molecular flexibility index (Phi) is 5.56. The summed E-state index contributed by atoms with van der Waals surface area (Å²) in [6, 6.07) is 13.1. The van der Waals surface area contributed by atoms with Gasteiger partial charge in [-0.15, -0.1) is 0 Å². The van der Waals surface area contributed by atoms with Gasteiger partial charge >= 0.3 is 0 Å². The Bertz CT molecular complexity index is 1240. The second-order valence-electron chi connectivity index (χ2n) is 6.67. The number of halogens is 1. The Morgan fingerprint density at radius 1 is 1.13 bits per heavy atom. The van der Waals surface area contributed by atoms with Crippen LogP contribution in [0, 0.1) is 0 Å². The number of benzene rings is 2. The van der Waals surface area contributed by atoms with Crippen LogP contribution < -0.4 is 10.0 Å². The molecule has 0 fully saturated rings. The maximum Gasteiger partial charge on any atom is 0.262 e. The van der Waals surface area contributed by atoms with Gasteiger partial charge in [0.15, 0.2) is 0 Å². The summed E-state index contributed by atoms with van der Waals surface area (Å²) in [5.41, 5.74) is 1.39. The number of nitrogens with one attached hydrogen (secondary N) is 2. The summed E-state index contributed by atoms with van der Waals surface area (Å²) in [4.78, 5) is 16.8. The molecule has 8 nitrogen and oxygen atoms in total. The summed E-state index contributed by atoms with van der Waals surface area (Å²) in [7, 11) is -3.76. The number of aromatic nitrogens is 2. The van der Waals surface area contributed by atoms with Crippen molar-refractivity contribution in [3.8, 4) is 5.69 Å². The number of carbonyl (C=O) groups excluding carboxylic acids is 1. The van der Waals surface area contributed by atoms with Crippen LogP contribution in [0.4, 0.5) is 5.69 Å². The zero-order valence-corrected chi connectivity index (χ0v) is 17.3. The second-order valence-corrected chi connectivity index (χ2v) is 8.79. The molecule has 2 aromatic carbocycles. The number of hydrogen-bond acceptors (Lipinski definition) is 5. The molecule has 0 saturated carbocycles. The molecule has 0 bridgehead atoms. The molecule has 2 N–H and O–H groups in total. The number of nitrogens with zero attached hydrogens (tertiary/aromatic N) is 3. The fourth-order valence-electron chi connectivity index (χ4n) is 2.98. The van der Waals surface area contributed by atoms with Crippen LogP contribution in [0.1, 0.15) is 23.2 Å². The summed E-state index contributed by atoms with van der Waals surface area (Å²) in [5.74, 6) is 0.0452. The van der Waals surface area contributed by atoms with E-state index in [1.54, 1.807) is 36.5 Å². The number of hydrogen-bond donors (Lipinski definition) is 2. The number of sulfonamides is 1. The predicted molar refractivity (Wildman–Crippen MR) is 115 cm³/mol. The number of rotatable bonds is 5.